The quantitative estimate of drug-likeness (QED) is 0.0694. The molecule has 7 nitrogen and oxygen atoms in total. The minimum atomic E-state index is -3.00. The van der Waals surface area contributed by atoms with Crippen molar-refractivity contribution in [2.75, 3.05) is 0 Å². The fraction of sp³-hybridized carbons (Fsp3) is 0. The molecular formula is C77H18F35N7. The van der Waals surface area contributed by atoms with Crippen LogP contribution in [-0.4, -0.2) is 37.1 Å². The van der Waals surface area contributed by atoms with Crippen molar-refractivity contribution < 1.29 is 154 Å². The first-order chi connectivity index (χ1) is 56.1. The number of halogens is 35. The topological polar surface area (TPSA) is 100 Å². The number of aliphatic imine (C=N–C) groups is 3. The predicted molar refractivity (Wildman–Crippen MR) is 342 cm³/mol. The van der Waals surface area contributed by atoms with E-state index in [9.17, 15) is 0 Å². The number of benzene rings is 7. The maximum absolute atomic E-state index is 16.7. The maximum Gasteiger partial charge on any atom is 0.200 e. The summed E-state index contributed by atoms with van der Waals surface area (Å²) in [5, 5.41) is -5.46. The van der Waals surface area contributed by atoms with Gasteiger partial charge >= 0.3 is 0 Å². The van der Waals surface area contributed by atoms with Gasteiger partial charge in [-0.05, 0) is 85.0 Å². The van der Waals surface area contributed by atoms with Crippen molar-refractivity contribution in [1.29, 1.82) is 0 Å². The van der Waals surface area contributed by atoms with Gasteiger partial charge in [-0.15, -0.1) is 0 Å². The van der Waals surface area contributed by atoms with Crippen LogP contribution >= 0.6 is 0 Å². The van der Waals surface area contributed by atoms with Gasteiger partial charge in [0.05, 0.1) is 73.2 Å². The van der Waals surface area contributed by atoms with E-state index in [1.165, 1.54) is 0 Å². The van der Waals surface area contributed by atoms with Crippen LogP contribution in [0.2, 0.25) is 0 Å². The molecule has 4 N–H and O–H groups in total. The zero-order valence-corrected chi connectivity index (χ0v) is 56.2. The fourth-order valence-corrected chi connectivity index (χ4v) is 13.3. The Morgan fingerprint density at radius 3 is 0.471 bits per heavy atom. The highest BCUT2D eigenvalue weighted by Gasteiger charge is 2.41. The molecule has 8 heterocycles. The summed E-state index contributed by atoms with van der Waals surface area (Å²) in [7, 11) is 0. The second kappa shape index (κ2) is 28.8. The molecule has 0 saturated heterocycles. The van der Waals surface area contributed by atoms with Crippen LogP contribution in [-0.2, 0) is 0 Å². The van der Waals surface area contributed by atoms with E-state index in [4.69, 9.17) is 0 Å². The van der Waals surface area contributed by atoms with Crippen LogP contribution in [0.25, 0.3) is 39.0 Å². The molecule has 0 spiro atoms. The highest BCUT2D eigenvalue weighted by Crippen LogP contribution is 2.45. The molecule has 14 bridgehead atoms. The van der Waals surface area contributed by atoms with E-state index in [1.807, 2.05) is 9.97 Å². The van der Waals surface area contributed by atoms with E-state index in [1.54, 1.807) is 0 Å². The SMILES string of the molecule is Fc1c(F)c(F)c(C2=C3C=CC(=N3)C(c3c(F)c(F)c(F)c(F)c3F)=c3ccc([nH]3)=C(c3c(F)c(F)c(F)c(F)c3F)C3=NC(=C(c4c(F)c(F)c(F)c(F)c4F)c4ccc([nH]4)C(c4c(F)c(F)c(F)c(F)c4F)=c4ccc([nH]4)=C(c4c(F)c(F)c(F)c(F)c4F)C4=NC(=C(c5c(F)c(F)c(F)c(F)c5F)c5ccc2[nH]5)C=C4)C=C3)c(F)c1F. The van der Waals surface area contributed by atoms with Gasteiger partial charge in [0, 0.05) is 83.2 Å². The Morgan fingerprint density at radius 2 is 0.286 bits per heavy atom. The molecule has 0 amide bonds. The monoisotopic (exact) mass is 1710 g/mol. The Labute approximate surface area is 631 Å². The average Bonchev–Trinajstić information content (AvgIpc) is 1.61. The summed E-state index contributed by atoms with van der Waals surface area (Å²) in [5.74, 6) is -103. The van der Waals surface area contributed by atoms with Gasteiger partial charge < -0.3 is 19.9 Å². The molecule has 606 valence electrons. The van der Waals surface area contributed by atoms with E-state index in [0.29, 0.717) is 72.8 Å². The van der Waals surface area contributed by atoms with E-state index < -0.39 is 360 Å². The van der Waals surface area contributed by atoms with Crippen molar-refractivity contribution in [1.82, 2.24) is 19.9 Å². The third-order valence-electron chi connectivity index (χ3n) is 18.6. The molecule has 15 rings (SSSR count). The number of allylic oxidation sites excluding steroid dienone is 6. The number of aromatic amines is 4. The molecule has 0 radical (unpaired) electrons. The van der Waals surface area contributed by atoms with Crippen molar-refractivity contribution in [2.45, 2.75) is 0 Å². The smallest absolute Gasteiger partial charge is 0.200 e. The molecule has 0 saturated carbocycles. The van der Waals surface area contributed by atoms with Gasteiger partial charge in [0.2, 0.25) is 40.7 Å². The third-order valence-corrected chi connectivity index (χ3v) is 18.6. The average molecular weight is 1710 g/mol. The Morgan fingerprint density at radius 1 is 0.143 bits per heavy atom. The van der Waals surface area contributed by atoms with Gasteiger partial charge in [0.25, 0.3) is 0 Å². The van der Waals surface area contributed by atoms with Gasteiger partial charge in [-0.1, -0.05) is 0 Å². The number of rotatable bonds is 7. The standard InChI is InChI=1S/C77H18F35N7/c78-43-36(44(79)58(93)71(106)57(43)92)29-15-1-2-16(113-15)30(37-45(80)59(94)72(107)60(95)46(37)81)18-5-6-20(115-18)32(39-49(84)63(98)74(109)64(99)50(39)85)22-9-10-24(117-22)34(41-53(88)67(102)76(111)68(103)54(41)89)26-13-14-28(119-26)35(42-55(90)69(104)77(112)70(105)56(42)91)27-12-11-25(118-27)33(40-51(86)65(100)75(110)66(101)52(40)87)23-8-7-21(116-23)31(19-4-3-17(29)114-19)38-47(82)61(96)73(108)62(97)48(38)83/h1-14,113-114,117-118H. The Balaban J connectivity index is 1.18. The van der Waals surface area contributed by atoms with Crippen LogP contribution in [0.1, 0.15) is 61.7 Å². The lowest BCUT2D eigenvalue weighted by Gasteiger charge is -2.15. The van der Waals surface area contributed by atoms with Crippen LogP contribution in [0.4, 0.5) is 154 Å². The molecule has 7 aromatic carbocycles. The van der Waals surface area contributed by atoms with Gasteiger partial charge in [-0.25, -0.2) is 169 Å². The summed E-state index contributed by atoms with van der Waals surface area (Å²) >= 11 is 0. The lowest BCUT2D eigenvalue weighted by Crippen LogP contribution is -2.24. The van der Waals surface area contributed by atoms with E-state index in [0.717, 1.165) is 0 Å². The number of nitrogens with one attached hydrogen (secondary N) is 4. The largest absolute Gasteiger partial charge is 0.354 e. The molecule has 0 aliphatic carbocycles. The van der Waals surface area contributed by atoms with Crippen molar-refractivity contribution in [2.24, 2.45) is 15.0 Å². The summed E-state index contributed by atoms with van der Waals surface area (Å²) in [6.45, 7) is 0. The van der Waals surface area contributed by atoms with Crippen LogP contribution in [0.5, 0.6) is 0 Å². The number of nitrogens with zero attached hydrogens (tertiary/aromatic N) is 3. The Bertz CT molecular complexity index is 6950. The Hall–Kier alpha value is -13.9. The first kappa shape index (κ1) is 80.3. The highest BCUT2D eigenvalue weighted by molar-refractivity contribution is 6.32. The second-order valence-corrected chi connectivity index (χ2v) is 25.0. The lowest BCUT2D eigenvalue weighted by atomic mass is 9.98. The minimum Gasteiger partial charge on any atom is -0.354 e. The van der Waals surface area contributed by atoms with Gasteiger partial charge in [0.1, 0.15) is 0 Å². The number of fused-ring (bicyclic) bond motifs is 11. The molecule has 11 aromatic rings. The fourth-order valence-electron chi connectivity index (χ4n) is 13.3. The molecule has 0 fully saturated rings. The zero-order chi connectivity index (χ0) is 86.2. The van der Waals surface area contributed by atoms with Crippen molar-refractivity contribution in [3.63, 3.8) is 0 Å². The number of aromatic nitrogens is 4. The summed E-state index contributed by atoms with van der Waals surface area (Å²) in [4.78, 5) is 19.9. The van der Waals surface area contributed by atoms with Crippen molar-refractivity contribution in [3.8, 4) is 0 Å². The summed E-state index contributed by atoms with van der Waals surface area (Å²) in [6.07, 6.45) is 1.74. The summed E-state index contributed by atoms with van der Waals surface area (Å²) in [5.41, 5.74) is -42.1. The zero-order valence-electron chi connectivity index (χ0n) is 56.2. The van der Waals surface area contributed by atoms with Crippen LogP contribution in [0.15, 0.2) is 117 Å². The molecule has 0 atom stereocenters. The van der Waals surface area contributed by atoms with Gasteiger partial charge in [0.15, 0.2) is 163 Å². The second-order valence-electron chi connectivity index (χ2n) is 25.0. The minimum absolute atomic E-state index is 0.288. The highest BCUT2D eigenvalue weighted by atomic mass is 19.2. The molecule has 4 aliphatic rings. The van der Waals surface area contributed by atoms with Crippen LogP contribution < -0.4 is 21.4 Å². The number of H-pyrrole nitrogens is 4. The molecular weight excluding hydrogens is 1690 g/mol. The van der Waals surface area contributed by atoms with Gasteiger partial charge in [-0.3, -0.25) is 0 Å². The lowest BCUT2D eigenvalue weighted by molar-refractivity contribution is 0.376. The van der Waals surface area contributed by atoms with E-state index in [2.05, 4.69) is 24.9 Å². The third kappa shape index (κ3) is 12.0. The van der Waals surface area contributed by atoms with Gasteiger partial charge in [-0.2, -0.15) is 0 Å². The molecule has 42 heteroatoms. The summed E-state index contributed by atoms with van der Waals surface area (Å²) in [6, 6.07) is 2.59. The molecule has 4 aromatic heterocycles. The predicted octanol–water partition coefficient (Wildman–Crippen LogP) is 18.4. The number of hydrogen-bond acceptors (Lipinski definition) is 3. The van der Waals surface area contributed by atoms with Crippen molar-refractivity contribution >= 4 is 56.1 Å². The Kier molecular flexibility index (Phi) is 19.4. The molecule has 119 heavy (non-hydrogen) atoms. The number of hydrogen-bond donors (Lipinski definition) is 4. The van der Waals surface area contributed by atoms with Crippen molar-refractivity contribution in [3.05, 3.63) is 389 Å². The van der Waals surface area contributed by atoms with Crippen LogP contribution in [0, 0.1) is 204 Å². The first-order valence-corrected chi connectivity index (χ1v) is 32.1. The first-order valence-electron chi connectivity index (χ1n) is 32.1. The van der Waals surface area contributed by atoms with Crippen LogP contribution in [0.3, 0.4) is 0 Å². The normalized spacial score (nSPS) is 14.4. The van der Waals surface area contributed by atoms with E-state index in [-0.39, 0.29) is 12.2 Å². The molecule has 0 unspecified atom stereocenters. The molecule has 4 aliphatic heterocycles. The maximum atomic E-state index is 16.7. The van der Waals surface area contributed by atoms with E-state index >= 15 is 154 Å². The summed E-state index contributed by atoms with van der Waals surface area (Å²) < 4.78 is 559.